The average Bonchev–Trinajstić information content (AvgIpc) is 2.97. The first-order valence-electron chi connectivity index (χ1n) is 7.56. The molecule has 0 amide bonds. The van der Waals surface area contributed by atoms with E-state index in [0.29, 0.717) is 6.54 Å². The summed E-state index contributed by atoms with van der Waals surface area (Å²) in [4.78, 5) is 8.51. The van der Waals surface area contributed by atoms with Gasteiger partial charge in [0, 0.05) is 21.0 Å². The molecule has 118 valence electrons. The summed E-state index contributed by atoms with van der Waals surface area (Å²) in [5.41, 5.74) is 7.85. The van der Waals surface area contributed by atoms with Gasteiger partial charge in [-0.2, -0.15) is 5.10 Å². The number of anilines is 1. The standard InChI is InChI=1S/C17H17ClN4S/c1-9-10(2)23-17-15(9)16(12-4-6-13(18)7-5-12)19-8-14-21-20-11(3)22(14)17/h4-7,14,21H,8H2,1-3H3. The van der Waals surface area contributed by atoms with Gasteiger partial charge in [0.05, 0.1) is 12.3 Å². The zero-order chi connectivity index (χ0) is 16.1. The molecule has 2 aliphatic heterocycles. The summed E-state index contributed by atoms with van der Waals surface area (Å²) in [6.07, 6.45) is 0.0935. The number of hydrogen-bond donors (Lipinski definition) is 1. The maximum absolute atomic E-state index is 6.04. The van der Waals surface area contributed by atoms with Gasteiger partial charge >= 0.3 is 0 Å². The molecule has 0 aliphatic carbocycles. The average molecular weight is 345 g/mol. The molecular weight excluding hydrogens is 328 g/mol. The third-order valence-corrected chi connectivity index (χ3v) is 5.86. The molecule has 0 spiro atoms. The van der Waals surface area contributed by atoms with Crippen LogP contribution in [0.15, 0.2) is 34.4 Å². The van der Waals surface area contributed by atoms with Crippen molar-refractivity contribution in [2.75, 3.05) is 11.4 Å². The molecule has 2 aliphatic rings. The highest BCUT2D eigenvalue weighted by Gasteiger charge is 2.34. The minimum Gasteiger partial charge on any atom is -0.295 e. The van der Waals surface area contributed by atoms with Crippen LogP contribution in [-0.4, -0.2) is 24.3 Å². The second-order valence-electron chi connectivity index (χ2n) is 5.83. The van der Waals surface area contributed by atoms with Crippen molar-refractivity contribution in [3.05, 3.63) is 50.9 Å². The van der Waals surface area contributed by atoms with Gasteiger partial charge in [0.2, 0.25) is 0 Å². The second kappa shape index (κ2) is 5.35. The van der Waals surface area contributed by atoms with Crippen molar-refractivity contribution in [3.63, 3.8) is 0 Å². The van der Waals surface area contributed by atoms with Crippen molar-refractivity contribution < 1.29 is 0 Å². The van der Waals surface area contributed by atoms with Crippen LogP contribution < -0.4 is 10.3 Å². The largest absolute Gasteiger partial charge is 0.295 e. The van der Waals surface area contributed by atoms with Crippen LogP contribution in [0.2, 0.25) is 5.02 Å². The van der Waals surface area contributed by atoms with Gasteiger partial charge in [-0.3, -0.25) is 15.3 Å². The van der Waals surface area contributed by atoms with E-state index in [4.69, 9.17) is 16.6 Å². The van der Waals surface area contributed by atoms with Gasteiger partial charge in [0.15, 0.2) is 0 Å². The Hall–Kier alpha value is -1.85. The van der Waals surface area contributed by atoms with Crippen LogP contribution in [0.5, 0.6) is 0 Å². The summed E-state index contributed by atoms with van der Waals surface area (Å²) in [6, 6.07) is 7.93. The molecule has 4 nitrogen and oxygen atoms in total. The molecule has 1 atom stereocenters. The van der Waals surface area contributed by atoms with Crippen molar-refractivity contribution in [2.45, 2.75) is 26.9 Å². The van der Waals surface area contributed by atoms with E-state index >= 15 is 0 Å². The lowest BCUT2D eigenvalue weighted by Gasteiger charge is -2.22. The van der Waals surface area contributed by atoms with Gasteiger partial charge in [-0.05, 0) is 38.5 Å². The van der Waals surface area contributed by atoms with Crippen LogP contribution in [0.3, 0.4) is 0 Å². The van der Waals surface area contributed by atoms with E-state index in [1.54, 1.807) is 0 Å². The van der Waals surface area contributed by atoms with Crippen LogP contribution >= 0.6 is 22.9 Å². The normalized spacial score (nSPS) is 19.5. The van der Waals surface area contributed by atoms with Crippen molar-refractivity contribution in [2.24, 2.45) is 10.1 Å². The molecule has 1 N–H and O–H groups in total. The molecule has 23 heavy (non-hydrogen) atoms. The van der Waals surface area contributed by atoms with E-state index < -0.39 is 0 Å². The molecule has 1 aromatic carbocycles. The fourth-order valence-electron chi connectivity index (χ4n) is 3.07. The Labute approximate surface area is 144 Å². The van der Waals surface area contributed by atoms with Crippen molar-refractivity contribution in [3.8, 4) is 0 Å². The molecule has 1 unspecified atom stereocenters. The Balaban J connectivity index is 1.92. The summed E-state index contributed by atoms with van der Waals surface area (Å²) < 4.78 is 0. The number of fused-ring (bicyclic) bond motifs is 3. The van der Waals surface area contributed by atoms with Gasteiger partial charge in [-0.25, -0.2) is 0 Å². The van der Waals surface area contributed by atoms with Crippen molar-refractivity contribution in [1.29, 1.82) is 0 Å². The first-order chi connectivity index (χ1) is 11.1. The number of thiophene rings is 1. The summed E-state index contributed by atoms with van der Waals surface area (Å²) in [5, 5.41) is 6.35. The number of halogens is 1. The summed E-state index contributed by atoms with van der Waals surface area (Å²) in [6.45, 7) is 7.04. The fraction of sp³-hybridized carbons (Fsp3) is 0.294. The highest BCUT2D eigenvalue weighted by molar-refractivity contribution is 7.17. The van der Waals surface area contributed by atoms with Gasteiger partial charge in [0.25, 0.3) is 0 Å². The Morgan fingerprint density at radius 2 is 1.96 bits per heavy atom. The van der Waals surface area contributed by atoms with E-state index in [2.05, 4.69) is 29.3 Å². The lowest BCUT2D eigenvalue weighted by atomic mass is 10.00. The summed E-state index contributed by atoms with van der Waals surface area (Å²) in [7, 11) is 0. The summed E-state index contributed by atoms with van der Waals surface area (Å²) >= 11 is 7.85. The number of nitrogens with zero attached hydrogens (tertiary/aromatic N) is 3. The first kappa shape index (κ1) is 14.7. The molecule has 0 saturated carbocycles. The van der Waals surface area contributed by atoms with Crippen LogP contribution in [0.4, 0.5) is 5.00 Å². The van der Waals surface area contributed by atoms with Crippen molar-refractivity contribution in [1.82, 2.24) is 5.43 Å². The van der Waals surface area contributed by atoms with Crippen LogP contribution in [0, 0.1) is 13.8 Å². The second-order valence-corrected chi connectivity index (χ2v) is 7.47. The van der Waals surface area contributed by atoms with E-state index in [0.717, 1.165) is 22.1 Å². The third-order valence-electron chi connectivity index (χ3n) is 4.40. The van der Waals surface area contributed by atoms with Crippen LogP contribution in [0.25, 0.3) is 0 Å². The predicted molar refractivity (Wildman–Crippen MR) is 98.3 cm³/mol. The van der Waals surface area contributed by atoms with Crippen LogP contribution in [-0.2, 0) is 0 Å². The van der Waals surface area contributed by atoms with Gasteiger partial charge in [0.1, 0.15) is 17.0 Å². The van der Waals surface area contributed by atoms with E-state index in [-0.39, 0.29) is 6.17 Å². The van der Waals surface area contributed by atoms with E-state index in [1.807, 2.05) is 42.5 Å². The zero-order valence-corrected chi connectivity index (χ0v) is 14.8. The molecule has 3 heterocycles. The number of aliphatic imine (C=N–C) groups is 1. The molecule has 0 bridgehead atoms. The predicted octanol–water partition coefficient (Wildman–Crippen LogP) is 3.94. The van der Waals surface area contributed by atoms with Gasteiger partial charge in [-0.15, -0.1) is 11.3 Å². The number of rotatable bonds is 1. The molecule has 4 rings (SSSR count). The number of amidine groups is 1. The minimum absolute atomic E-state index is 0.0935. The number of hydrogen-bond acceptors (Lipinski definition) is 5. The Bertz CT molecular complexity index is 835. The molecular formula is C17H17ClN4S. The lowest BCUT2D eigenvalue weighted by Crippen LogP contribution is -2.41. The van der Waals surface area contributed by atoms with Crippen molar-refractivity contribution >= 4 is 39.5 Å². The monoisotopic (exact) mass is 344 g/mol. The van der Waals surface area contributed by atoms with Gasteiger partial charge in [-0.1, -0.05) is 23.7 Å². The zero-order valence-electron chi connectivity index (χ0n) is 13.2. The van der Waals surface area contributed by atoms with Gasteiger partial charge < -0.3 is 0 Å². The maximum atomic E-state index is 6.04. The topological polar surface area (TPSA) is 40.0 Å². The minimum atomic E-state index is 0.0935. The quantitative estimate of drug-likeness (QED) is 0.851. The molecule has 0 saturated heterocycles. The smallest absolute Gasteiger partial charge is 0.141 e. The number of nitrogens with one attached hydrogen (secondary N) is 1. The molecule has 0 fully saturated rings. The SMILES string of the molecule is CC1=NNC2CN=C(c3ccc(Cl)cc3)c3c(sc(C)c3C)N12. The fourth-order valence-corrected chi connectivity index (χ4v) is 4.45. The van der Waals surface area contributed by atoms with E-state index in [1.165, 1.54) is 21.0 Å². The molecule has 1 aromatic heterocycles. The maximum Gasteiger partial charge on any atom is 0.141 e. The van der Waals surface area contributed by atoms with E-state index in [9.17, 15) is 0 Å². The Morgan fingerprint density at radius 1 is 1.22 bits per heavy atom. The van der Waals surface area contributed by atoms with Crippen LogP contribution in [0.1, 0.15) is 28.5 Å². The Morgan fingerprint density at radius 3 is 2.70 bits per heavy atom. The number of hydrazone groups is 1. The first-order valence-corrected chi connectivity index (χ1v) is 8.75. The highest BCUT2D eigenvalue weighted by Crippen LogP contribution is 2.40. The molecule has 0 radical (unpaired) electrons. The summed E-state index contributed by atoms with van der Waals surface area (Å²) in [5.74, 6) is 0.991. The highest BCUT2D eigenvalue weighted by atomic mass is 35.5. The molecule has 2 aromatic rings. The number of aryl methyl sites for hydroxylation is 1. The molecule has 6 heteroatoms. The third kappa shape index (κ3) is 2.26. The Kier molecular flexibility index (Phi) is 3.43. The number of benzene rings is 1. The lowest BCUT2D eigenvalue weighted by molar-refractivity contribution is 0.597.